The van der Waals surface area contributed by atoms with E-state index in [9.17, 15) is 0 Å². The molecule has 0 atom stereocenters. The van der Waals surface area contributed by atoms with Gasteiger partial charge in [0, 0.05) is 0 Å². The van der Waals surface area contributed by atoms with E-state index in [4.69, 9.17) is 10.2 Å². The van der Waals surface area contributed by atoms with Gasteiger partial charge in [0.25, 0.3) is 0 Å². The predicted octanol–water partition coefficient (Wildman–Crippen LogP) is 6.49. The molecule has 0 bridgehead atoms. The number of para-hydroxylation sites is 2. The van der Waals surface area contributed by atoms with Crippen molar-refractivity contribution in [2.24, 2.45) is 0 Å². The van der Waals surface area contributed by atoms with Crippen molar-refractivity contribution in [1.82, 2.24) is 0 Å². The zero-order valence-corrected chi connectivity index (χ0v) is 20.5. The Morgan fingerprint density at radius 3 is 1.27 bits per heavy atom. The SMILES string of the molecule is CCc1ccccc1O.CCc1ccccc1O.[C-]1=CC=CC1.[C-]1=CC=CC1.[CH2]=[Zr+2]. The summed E-state index contributed by atoms with van der Waals surface area (Å²) >= 11 is 1.30. The molecule has 2 aromatic carbocycles. The number of aromatic hydroxyl groups is 2. The van der Waals surface area contributed by atoms with Crippen molar-refractivity contribution in [2.75, 3.05) is 0 Å². The van der Waals surface area contributed by atoms with Crippen LogP contribution >= 0.6 is 0 Å². The molecule has 2 aliphatic carbocycles. The molecule has 0 saturated heterocycles. The van der Waals surface area contributed by atoms with E-state index in [0.717, 1.165) is 36.8 Å². The first-order valence-corrected chi connectivity index (χ1v) is 11.7. The number of benzene rings is 2. The van der Waals surface area contributed by atoms with Gasteiger partial charge in [-0.2, -0.15) is 12.2 Å². The Morgan fingerprint density at radius 2 is 1.10 bits per heavy atom. The van der Waals surface area contributed by atoms with Gasteiger partial charge < -0.3 is 10.2 Å². The zero-order valence-electron chi connectivity index (χ0n) is 18.0. The topological polar surface area (TPSA) is 40.5 Å². The summed E-state index contributed by atoms with van der Waals surface area (Å²) in [7, 11) is 0. The molecule has 0 aromatic heterocycles. The first-order chi connectivity index (χ1) is 14.7. The van der Waals surface area contributed by atoms with Gasteiger partial charge in [-0.15, -0.1) is 12.8 Å². The minimum absolute atomic E-state index is 0.403. The van der Waals surface area contributed by atoms with Crippen LogP contribution in [0.4, 0.5) is 0 Å². The Balaban J connectivity index is 0.000000375. The van der Waals surface area contributed by atoms with Crippen LogP contribution < -0.4 is 0 Å². The number of allylic oxidation sites excluding steroid dienone is 8. The Kier molecular flexibility index (Phi) is 18.5. The fourth-order valence-electron chi connectivity index (χ4n) is 2.30. The van der Waals surface area contributed by atoms with E-state index < -0.39 is 0 Å². The van der Waals surface area contributed by atoms with Gasteiger partial charge in [-0.1, -0.05) is 50.2 Å². The van der Waals surface area contributed by atoms with Gasteiger partial charge in [0.05, 0.1) is 0 Å². The molecule has 2 N–H and O–H groups in total. The van der Waals surface area contributed by atoms with Crippen molar-refractivity contribution in [3.8, 4) is 11.5 Å². The van der Waals surface area contributed by atoms with E-state index in [1.54, 1.807) is 12.1 Å². The van der Waals surface area contributed by atoms with Crippen LogP contribution in [-0.2, 0) is 37.1 Å². The van der Waals surface area contributed by atoms with Gasteiger partial charge in [-0.05, 0) is 36.1 Å². The third-order valence-electron chi connectivity index (χ3n) is 3.92. The van der Waals surface area contributed by atoms with Crippen molar-refractivity contribution >= 4 is 4.21 Å². The van der Waals surface area contributed by atoms with Crippen LogP contribution in [0, 0.1) is 12.2 Å². The maximum absolute atomic E-state index is 9.11. The third-order valence-corrected chi connectivity index (χ3v) is 3.92. The molecule has 30 heavy (non-hydrogen) atoms. The second-order valence-corrected chi connectivity index (χ2v) is 5.97. The van der Waals surface area contributed by atoms with Gasteiger partial charge in [-0.25, -0.2) is 24.3 Å². The second-order valence-electron chi connectivity index (χ2n) is 5.97. The third kappa shape index (κ3) is 13.9. The van der Waals surface area contributed by atoms with E-state index in [0.29, 0.717) is 11.5 Å². The maximum atomic E-state index is 9.11. The van der Waals surface area contributed by atoms with Crippen LogP contribution in [0.25, 0.3) is 0 Å². The fraction of sp³-hybridized carbons (Fsp3) is 0.222. The predicted molar refractivity (Wildman–Crippen MR) is 125 cm³/mol. The summed E-state index contributed by atoms with van der Waals surface area (Å²) in [6, 6.07) is 14.8. The van der Waals surface area contributed by atoms with Gasteiger partial charge in [0.2, 0.25) is 0 Å². The number of aryl methyl sites for hydroxylation is 2. The summed E-state index contributed by atoms with van der Waals surface area (Å²) in [5, 5.41) is 18.2. The molecule has 2 nitrogen and oxygen atoms in total. The van der Waals surface area contributed by atoms with Crippen LogP contribution in [0.1, 0.15) is 37.8 Å². The Morgan fingerprint density at radius 1 is 0.733 bits per heavy atom. The molecule has 0 heterocycles. The summed E-state index contributed by atoms with van der Waals surface area (Å²) in [6.07, 6.45) is 21.8. The monoisotopic (exact) mass is 478 g/mol. The summed E-state index contributed by atoms with van der Waals surface area (Å²) in [5.74, 6) is 0.806. The second kappa shape index (κ2) is 20.0. The number of hydrogen-bond donors (Lipinski definition) is 2. The molecule has 0 saturated carbocycles. The van der Waals surface area contributed by atoms with Crippen molar-refractivity contribution in [3.63, 3.8) is 0 Å². The number of hydrogen-bond acceptors (Lipinski definition) is 2. The molecule has 0 fully saturated rings. The summed E-state index contributed by atoms with van der Waals surface area (Å²) in [4.78, 5) is 0. The molecule has 0 aliphatic heterocycles. The first-order valence-electron chi connectivity index (χ1n) is 10.0. The molecular weight excluding hydrogens is 448 g/mol. The Labute approximate surface area is 197 Å². The van der Waals surface area contributed by atoms with Gasteiger partial charge in [0.1, 0.15) is 11.5 Å². The summed E-state index contributed by atoms with van der Waals surface area (Å²) in [6.45, 7) is 4.05. The molecule has 3 heteroatoms. The number of phenols is 2. The van der Waals surface area contributed by atoms with Crippen LogP contribution in [0.3, 0.4) is 0 Å². The van der Waals surface area contributed by atoms with E-state index in [-0.39, 0.29) is 0 Å². The molecule has 4 rings (SSSR count). The molecular formula is C27H32O2Zr. The number of rotatable bonds is 2. The van der Waals surface area contributed by atoms with Gasteiger partial charge in [0.15, 0.2) is 0 Å². The van der Waals surface area contributed by atoms with Crippen LogP contribution in [0.5, 0.6) is 11.5 Å². The van der Waals surface area contributed by atoms with Crippen molar-refractivity contribution in [3.05, 3.63) is 108 Å². The van der Waals surface area contributed by atoms with Crippen LogP contribution in [0.15, 0.2) is 85.0 Å². The van der Waals surface area contributed by atoms with Crippen LogP contribution in [-0.4, -0.2) is 14.4 Å². The zero-order chi connectivity index (χ0) is 22.5. The average Bonchev–Trinajstić information content (AvgIpc) is 3.56. The fourth-order valence-corrected chi connectivity index (χ4v) is 2.30. The summed E-state index contributed by atoms with van der Waals surface area (Å²) < 4.78 is 3.34. The van der Waals surface area contributed by atoms with E-state index >= 15 is 0 Å². The molecule has 0 radical (unpaired) electrons. The molecule has 0 amide bonds. The molecule has 2 aromatic rings. The molecule has 0 unspecified atom stereocenters. The van der Waals surface area contributed by atoms with Crippen molar-refractivity contribution < 1.29 is 34.4 Å². The quantitative estimate of drug-likeness (QED) is 0.484. The minimum atomic E-state index is 0.403. The molecule has 0 spiro atoms. The van der Waals surface area contributed by atoms with Gasteiger partial charge >= 0.3 is 28.4 Å². The van der Waals surface area contributed by atoms with Crippen molar-refractivity contribution in [2.45, 2.75) is 39.5 Å². The standard InChI is InChI=1S/2C8H10O.2C5H5.CH2.Zr/c2*1-2-7-5-3-4-6-8(7)9;2*1-2-4-5-3-1;;/h2*3-6,9H,2H2,1H3;2*1-3H,4H2;1H2;/q;;2*-1;;+2. The van der Waals surface area contributed by atoms with E-state index in [2.05, 4.69) is 28.5 Å². The summed E-state index contributed by atoms with van der Waals surface area (Å²) in [5.41, 5.74) is 2.02. The normalized spacial score (nSPS) is 11.7. The van der Waals surface area contributed by atoms with Gasteiger partial charge in [-0.3, -0.25) is 12.2 Å². The Bertz CT molecular complexity index is 717. The molecule has 2 aliphatic rings. The first kappa shape index (κ1) is 27.8. The van der Waals surface area contributed by atoms with Crippen LogP contribution in [0.2, 0.25) is 0 Å². The van der Waals surface area contributed by atoms with E-state index in [1.807, 2.05) is 74.5 Å². The average molecular weight is 480 g/mol. The van der Waals surface area contributed by atoms with E-state index in [1.165, 1.54) is 24.2 Å². The van der Waals surface area contributed by atoms with Crippen molar-refractivity contribution in [1.29, 1.82) is 0 Å². The Hall–Kier alpha value is -2.25. The number of phenolic OH excluding ortho intramolecular Hbond substituents is 2. The molecule has 156 valence electrons.